The monoisotopic (exact) mass is 395 g/mol. The molecule has 146 valence electrons. The van der Waals surface area contributed by atoms with Gasteiger partial charge in [0.25, 0.3) is 0 Å². The van der Waals surface area contributed by atoms with Gasteiger partial charge < -0.3 is 9.84 Å². The van der Waals surface area contributed by atoms with Gasteiger partial charge in [0.2, 0.25) is 15.9 Å². The van der Waals surface area contributed by atoms with E-state index in [0.717, 1.165) is 5.56 Å². The number of hydrogen-bond donors (Lipinski definition) is 1. The topological polar surface area (TPSA) is 92.5 Å². The maximum absolute atomic E-state index is 13.4. The molecule has 7 nitrogen and oxygen atoms in total. The van der Waals surface area contributed by atoms with Gasteiger partial charge in [-0.1, -0.05) is 11.2 Å². The number of anilines is 1. The van der Waals surface area contributed by atoms with Gasteiger partial charge in [-0.15, -0.1) is 0 Å². The molecule has 0 bridgehead atoms. The Kier molecular flexibility index (Phi) is 5.34. The fourth-order valence-electron chi connectivity index (χ4n) is 3.31. The lowest BCUT2D eigenvalue weighted by Crippen LogP contribution is -2.44. The Morgan fingerprint density at radius 1 is 1.33 bits per heavy atom. The zero-order valence-electron chi connectivity index (χ0n) is 15.5. The number of benzene rings is 1. The third-order valence-electron chi connectivity index (χ3n) is 4.78. The smallest absolute Gasteiger partial charge is 0.248 e. The Bertz CT molecular complexity index is 951. The highest BCUT2D eigenvalue weighted by molar-refractivity contribution is 7.89. The predicted octanol–water partition coefficient (Wildman–Crippen LogP) is 2.78. The molecule has 1 N–H and O–H groups in total. The Morgan fingerprint density at radius 2 is 2.07 bits per heavy atom. The van der Waals surface area contributed by atoms with Crippen molar-refractivity contribution in [3.8, 4) is 0 Å². The van der Waals surface area contributed by atoms with Crippen molar-refractivity contribution >= 4 is 21.6 Å². The number of aryl methyl sites for hydroxylation is 3. The molecule has 1 saturated heterocycles. The minimum Gasteiger partial charge on any atom is -0.360 e. The molecule has 3 rings (SSSR count). The molecule has 0 radical (unpaired) electrons. The molecule has 2 heterocycles. The third kappa shape index (κ3) is 3.89. The molecule has 1 aliphatic heterocycles. The van der Waals surface area contributed by atoms with E-state index in [0.29, 0.717) is 30.8 Å². The van der Waals surface area contributed by atoms with Crippen LogP contribution in [0.5, 0.6) is 0 Å². The number of carbonyl (C=O) groups excluding carboxylic acids is 1. The van der Waals surface area contributed by atoms with Gasteiger partial charge in [-0.05, 0) is 51.3 Å². The summed E-state index contributed by atoms with van der Waals surface area (Å²) in [5.74, 6) is -1.05. The summed E-state index contributed by atoms with van der Waals surface area (Å²) in [4.78, 5) is 12.7. The zero-order chi connectivity index (χ0) is 19.8. The molecular weight excluding hydrogens is 373 g/mol. The van der Waals surface area contributed by atoms with Crippen molar-refractivity contribution in [3.63, 3.8) is 0 Å². The van der Waals surface area contributed by atoms with Gasteiger partial charge in [0, 0.05) is 18.8 Å². The van der Waals surface area contributed by atoms with Crippen LogP contribution in [0.3, 0.4) is 0 Å². The van der Waals surface area contributed by atoms with Crippen LogP contribution in [0.15, 0.2) is 27.6 Å². The lowest BCUT2D eigenvalue weighted by atomic mass is 9.98. The van der Waals surface area contributed by atoms with Crippen molar-refractivity contribution in [2.75, 3.05) is 18.4 Å². The number of hydrogen-bond acceptors (Lipinski definition) is 5. The largest absolute Gasteiger partial charge is 0.360 e. The van der Waals surface area contributed by atoms with Gasteiger partial charge in [0.05, 0.1) is 5.92 Å². The normalized spacial score (nSPS) is 18.4. The van der Waals surface area contributed by atoms with Crippen LogP contribution >= 0.6 is 0 Å². The molecule has 1 aliphatic rings. The van der Waals surface area contributed by atoms with E-state index in [1.54, 1.807) is 26.8 Å². The number of aromatic nitrogens is 1. The van der Waals surface area contributed by atoms with E-state index in [1.807, 2.05) is 0 Å². The summed E-state index contributed by atoms with van der Waals surface area (Å²) in [5, 5.41) is 6.43. The predicted molar refractivity (Wildman–Crippen MR) is 97.2 cm³/mol. The lowest BCUT2D eigenvalue weighted by Gasteiger charge is -2.31. The molecule has 27 heavy (non-hydrogen) atoms. The number of piperidine rings is 1. The Morgan fingerprint density at radius 3 is 2.74 bits per heavy atom. The van der Waals surface area contributed by atoms with Gasteiger partial charge in [-0.25, -0.2) is 12.8 Å². The minimum absolute atomic E-state index is 0.0598. The van der Waals surface area contributed by atoms with Crippen molar-refractivity contribution in [3.05, 3.63) is 41.0 Å². The number of nitrogens with one attached hydrogen (secondary N) is 1. The van der Waals surface area contributed by atoms with Crippen molar-refractivity contribution in [2.24, 2.45) is 5.92 Å². The van der Waals surface area contributed by atoms with Crippen molar-refractivity contribution in [1.29, 1.82) is 0 Å². The van der Waals surface area contributed by atoms with E-state index in [4.69, 9.17) is 4.52 Å². The van der Waals surface area contributed by atoms with Crippen molar-refractivity contribution in [2.45, 2.75) is 38.5 Å². The molecule has 1 amide bonds. The van der Waals surface area contributed by atoms with Gasteiger partial charge >= 0.3 is 0 Å². The summed E-state index contributed by atoms with van der Waals surface area (Å²) in [6.07, 6.45) is 1.12. The summed E-state index contributed by atoms with van der Waals surface area (Å²) in [6, 6.07) is 4.16. The highest BCUT2D eigenvalue weighted by Crippen LogP contribution is 2.28. The van der Waals surface area contributed by atoms with Crippen LogP contribution in [0.4, 0.5) is 10.1 Å². The quantitative estimate of drug-likeness (QED) is 0.859. The molecule has 1 atom stereocenters. The van der Waals surface area contributed by atoms with E-state index < -0.39 is 21.8 Å². The van der Waals surface area contributed by atoms with Crippen LogP contribution in [-0.4, -0.2) is 36.9 Å². The molecule has 1 fully saturated rings. The van der Waals surface area contributed by atoms with Gasteiger partial charge in [-0.3, -0.25) is 4.79 Å². The average molecular weight is 395 g/mol. The van der Waals surface area contributed by atoms with Gasteiger partial charge in [0.1, 0.15) is 16.4 Å². The third-order valence-corrected chi connectivity index (χ3v) is 6.89. The number of amides is 1. The lowest BCUT2D eigenvalue weighted by molar-refractivity contribution is -0.120. The first-order chi connectivity index (χ1) is 12.7. The van der Waals surface area contributed by atoms with E-state index in [9.17, 15) is 17.6 Å². The summed E-state index contributed by atoms with van der Waals surface area (Å²) in [7, 11) is -3.80. The molecule has 0 saturated carbocycles. The van der Waals surface area contributed by atoms with E-state index in [1.165, 1.54) is 16.4 Å². The maximum Gasteiger partial charge on any atom is 0.248 e. The first-order valence-corrected chi connectivity index (χ1v) is 10.1. The van der Waals surface area contributed by atoms with Crippen LogP contribution in [0.1, 0.15) is 29.9 Å². The highest BCUT2D eigenvalue weighted by Gasteiger charge is 2.36. The second-order valence-corrected chi connectivity index (χ2v) is 8.68. The molecule has 9 heteroatoms. The fraction of sp³-hybridized carbons (Fsp3) is 0.444. The number of carbonyl (C=O) groups is 1. The number of halogens is 1. The number of nitrogens with zero attached hydrogens (tertiary/aromatic N) is 2. The number of rotatable bonds is 4. The second kappa shape index (κ2) is 7.40. The summed E-state index contributed by atoms with van der Waals surface area (Å²) >= 11 is 0. The Labute approximate surface area is 157 Å². The van der Waals surface area contributed by atoms with Crippen LogP contribution in [0.2, 0.25) is 0 Å². The first-order valence-electron chi connectivity index (χ1n) is 8.70. The molecule has 1 aromatic heterocycles. The van der Waals surface area contributed by atoms with E-state index in [-0.39, 0.29) is 23.1 Å². The highest BCUT2D eigenvalue weighted by atomic mass is 32.2. The molecule has 0 spiro atoms. The van der Waals surface area contributed by atoms with Gasteiger partial charge in [-0.2, -0.15) is 4.31 Å². The summed E-state index contributed by atoms with van der Waals surface area (Å²) in [5.41, 5.74) is 1.43. The minimum atomic E-state index is -3.80. The zero-order valence-corrected chi connectivity index (χ0v) is 16.3. The van der Waals surface area contributed by atoms with Crippen molar-refractivity contribution in [1.82, 2.24) is 9.46 Å². The Hall–Kier alpha value is -2.26. The van der Waals surface area contributed by atoms with Crippen LogP contribution < -0.4 is 5.32 Å². The van der Waals surface area contributed by atoms with Gasteiger partial charge in [0.15, 0.2) is 5.76 Å². The standard InChI is InChI=1S/C18H22FN3O4S/c1-11-6-7-15(19)9-16(11)20-18(23)14-5-4-8-22(10-14)27(24,25)17-12(2)21-26-13(17)3/h6-7,9,14H,4-5,8,10H2,1-3H3,(H,20,23). The molecular formula is C18H22FN3O4S. The second-order valence-electron chi connectivity index (χ2n) is 6.80. The molecule has 1 unspecified atom stereocenters. The number of sulfonamides is 1. The van der Waals surface area contributed by atoms with Crippen molar-refractivity contribution < 1.29 is 22.1 Å². The summed E-state index contributed by atoms with van der Waals surface area (Å²) < 4.78 is 45.6. The molecule has 0 aliphatic carbocycles. The average Bonchev–Trinajstić information content (AvgIpc) is 2.97. The fourth-order valence-corrected chi connectivity index (χ4v) is 5.13. The van der Waals surface area contributed by atoms with Crippen LogP contribution in [-0.2, 0) is 14.8 Å². The molecule has 2 aromatic rings. The molecule has 1 aromatic carbocycles. The van der Waals surface area contributed by atoms with E-state index in [2.05, 4.69) is 10.5 Å². The SMILES string of the molecule is Cc1ccc(F)cc1NC(=O)C1CCCN(S(=O)(=O)c2c(C)noc2C)C1. The van der Waals surface area contributed by atoms with Crippen LogP contribution in [0.25, 0.3) is 0 Å². The summed E-state index contributed by atoms with van der Waals surface area (Å²) in [6.45, 7) is 5.28. The first kappa shape index (κ1) is 19.5. The van der Waals surface area contributed by atoms with Crippen LogP contribution in [0, 0.1) is 32.5 Å². The van der Waals surface area contributed by atoms with E-state index >= 15 is 0 Å². The maximum atomic E-state index is 13.4. The Balaban J connectivity index is 1.78.